The van der Waals surface area contributed by atoms with E-state index in [1.807, 2.05) is 12.1 Å². The molecule has 5 heteroatoms. The van der Waals surface area contributed by atoms with Crippen molar-refractivity contribution in [2.75, 3.05) is 13.2 Å². The summed E-state index contributed by atoms with van der Waals surface area (Å²) < 4.78 is 10.5. The highest BCUT2D eigenvalue weighted by Gasteiger charge is 2.22. The fourth-order valence-electron chi connectivity index (χ4n) is 2.01. The SMILES string of the molecule is CCOC(=O)NC1CCCOc2ccc(Cl)cc21. The average molecular weight is 270 g/mol. The molecule has 0 radical (unpaired) electrons. The number of benzene rings is 1. The quantitative estimate of drug-likeness (QED) is 0.896. The first kappa shape index (κ1) is 13.0. The Labute approximate surface area is 111 Å². The Balaban J connectivity index is 2.20. The van der Waals surface area contributed by atoms with Gasteiger partial charge in [-0.25, -0.2) is 4.79 Å². The van der Waals surface area contributed by atoms with E-state index in [0.717, 1.165) is 24.2 Å². The van der Waals surface area contributed by atoms with Crippen LogP contribution in [0.25, 0.3) is 0 Å². The summed E-state index contributed by atoms with van der Waals surface area (Å²) in [4.78, 5) is 11.5. The molecular weight excluding hydrogens is 254 g/mol. The molecule has 4 nitrogen and oxygen atoms in total. The van der Waals surface area contributed by atoms with E-state index in [1.165, 1.54) is 0 Å². The second-order valence-electron chi connectivity index (χ2n) is 4.09. The van der Waals surface area contributed by atoms with Crippen molar-refractivity contribution in [2.24, 2.45) is 0 Å². The van der Waals surface area contributed by atoms with E-state index in [0.29, 0.717) is 18.2 Å². The second-order valence-corrected chi connectivity index (χ2v) is 4.53. The van der Waals surface area contributed by atoms with Crippen molar-refractivity contribution in [1.82, 2.24) is 5.32 Å². The topological polar surface area (TPSA) is 47.6 Å². The number of fused-ring (bicyclic) bond motifs is 1. The Morgan fingerprint density at radius 3 is 3.22 bits per heavy atom. The highest BCUT2D eigenvalue weighted by Crippen LogP contribution is 2.33. The number of rotatable bonds is 2. The lowest BCUT2D eigenvalue weighted by atomic mass is 10.0. The highest BCUT2D eigenvalue weighted by atomic mass is 35.5. The maximum atomic E-state index is 11.5. The van der Waals surface area contributed by atoms with Crippen LogP contribution < -0.4 is 10.1 Å². The number of alkyl carbamates (subject to hydrolysis) is 1. The number of carbonyl (C=O) groups excluding carboxylic acids is 1. The Hall–Kier alpha value is -1.42. The number of hydrogen-bond donors (Lipinski definition) is 1. The van der Waals surface area contributed by atoms with Gasteiger partial charge in [0.25, 0.3) is 0 Å². The van der Waals surface area contributed by atoms with Gasteiger partial charge < -0.3 is 14.8 Å². The van der Waals surface area contributed by atoms with E-state index < -0.39 is 6.09 Å². The molecule has 1 aliphatic rings. The molecule has 0 aliphatic carbocycles. The molecule has 1 aromatic rings. The fraction of sp³-hybridized carbons (Fsp3) is 0.462. The zero-order chi connectivity index (χ0) is 13.0. The molecule has 1 amide bonds. The van der Waals surface area contributed by atoms with E-state index in [9.17, 15) is 4.79 Å². The molecule has 1 N–H and O–H groups in total. The molecule has 0 bridgehead atoms. The van der Waals surface area contributed by atoms with Crippen molar-refractivity contribution in [3.63, 3.8) is 0 Å². The molecule has 0 fully saturated rings. The molecule has 1 aliphatic heterocycles. The van der Waals surface area contributed by atoms with Crippen molar-refractivity contribution < 1.29 is 14.3 Å². The van der Waals surface area contributed by atoms with Gasteiger partial charge in [-0.15, -0.1) is 0 Å². The van der Waals surface area contributed by atoms with Crippen molar-refractivity contribution in [3.05, 3.63) is 28.8 Å². The summed E-state index contributed by atoms with van der Waals surface area (Å²) in [6.45, 7) is 2.79. The number of carbonyl (C=O) groups is 1. The normalized spacial score (nSPS) is 18.2. The van der Waals surface area contributed by atoms with Gasteiger partial charge in [0.05, 0.1) is 19.3 Å². The molecular formula is C13H16ClNO3. The van der Waals surface area contributed by atoms with Gasteiger partial charge >= 0.3 is 6.09 Å². The molecule has 1 aromatic carbocycles. The molecule has 1 unspecified atom stereocenters. The smallest absolute Gasteiger partial charge is 0.407 e. The van der Waals surface area contributed by atoms with Crippen LogP contribution in [0, 0.1) is 0 Å². The highest BCUT2D eigenvalue weighted by molar-refractivity contribution is 6.30. The maximum absolute atomic E-state index is 11.5. The van der Waals surface area contributed by atoms with Gasteiger partial charge in [0.2, 0.25) is 0 Å². The number of ether oxygens (including phenoxy) is 2. The van der Waals surface area contributed by atoms with Gasteiger partial charge in [-0.05, 0) is 38.0 Å². The fourth-order valence-corrected chi connectivity index (χ4v) is 2.19. The summed E-state index contributed by atoms with van der Waals surface area (Å²) >= 11 is 5.99. The molecule has 0 aromatic heterocycles. The van der Waals surface area contributed by atoms with Crippen LogP contribution >= 0.6 is 11.6 Å². The molecule has 98 valence electrons. The van der Waals surface area contributed by atoms with Crippen molar-refractivity contribution in [3.8, 4) is 5.75 Å². The van der Waals surface area contributed by atoms with Gasteiger partial charge in [0.1, 0.15) is 5.75 Å². The zero-order valence-corrected chi connectivity index (χ0v) is 11.0. The van der Waals surface area contributed by atoms with Crippen LogP contribution in [0.1, 0.15) is 31.4 Å². The monoisotopic (exact) mass is 269 g/mol. The first-order valence-electron chi connectivity index (χ1n) is 6.06. The Morgan fingerprint density at radius 2 is 2.44 bits per heavy atom. The number of nitrogens with one attached hydrogen (secondary N) is 1. The molecule has 2 rings (SSSR count). The van der Waals surface area contributed by atoms with E-state index in [2.05, 4.69) is 5.32 Å². The minimum atomic E-state index is -0.407. The van der Waals surface area contributed by atoms with E-state index >= 15 is 0 Å². The molecule has 18 heavy (non-hydrogen) atoms. The predicted molar refractivity (Wildman–Crippen MR) is 69.1 cm³/mol. The van der Waals surface area contributed by atoms with E-state index in [-0.39, 0.29) is 6.04 Å². The van der Waals surface area contributed by atoms with E-state index in [4.69, 9.17) is 21.1 Å². The predicted octanol–water partition coefficient (Wildman–Crippen LogP) is 3.30. The van der Waals surface area contributed by atoms with Gasteiger partial charge in [0, 0.05) is 10.6 Å². The summed E-state index contributed by atoms with van der Waals surface area (Å²) in [5.74, 6) is 0.777. The Morgan fingerprint density at radius 1 is 1.61 bits per heavy atom. The van der Waals surface area contributed by atoms with Crippen molar-refractivity contribution in [2.45, 2.75) is 25.8 Å². The standard InChI is InChI=1S/C13H16ClNO3/c1-2-17-13(16)15-11-4-3-7-18-12-6-5-9(14)8-10(11)12/h5-6,8,11H,2-4,7H2,1H3,(H,15,16). The van der Waals surface area contributed by atoms with Crippen molar-refractivity contribution in [1.29, 1.82) is 0 Å². The minimum absolute atomic E-state index is 0.111. The number of hydrogen-bond acceptors (Lipinski definition) is 3. The Kier molecular flexibility index (Phi) is 4.31. The van der Waals surface area contributed by atoms with Crippen LogP contribution in [-0.4, -0.2) is 19.3 Å². The molecule has 1 atom stereocenters. The van der Waals surface area contributed by atoms with Crippen LogP contribution in [0.3, 0.4) is 0 Å². The summed E-state index contributed by atoms with van der Waals surface area (Å²) in [6, 6.07) is 5.34. The number of halogens is 1. The minimum Gasteiger partial charge on any atom is -0.493 e. The molecule has 0 saturated heterocycles. The average Bonchev–Trinajstić information content (AvgIpc) is 2.52. The van der Waals surface area contributed by atoms with Gasteiger partial charge in [-0.3, -0.25) is 0 Å². The summed E-state index contributed by atoms with van der Waals surface area (Å²) in [5, 5.41) is 3.48. The molecule has 1 heterocycles. The third kappa shape index (κ3) is 3.07. The summed E-state index contributed by atoms with van der Waals surface area (Å²) in [6.07, 6.45) is 1.28. The third-order valence-electron chi connectivity index (χ3n) is 2.81. The van der Waals surface area contributed by atoms with Gasteiger partial charge in [-0.2, -0.15) is 0 Å². The molecule has 0 spiro atoms. The molecule has 0 saturated carbocycles. The zero-order valence-electron chi connectivity index (χ0n) is 10.2. The van der Waals surface area contributed by atoms with Crippen LogP contribution in [0.2, 0.25) is 5.02 Å². The lowest BCUT2D eigenvalue weighted by Crippen LogP contribution is -2.29. The maximum Gasteiger partial charge on any atom is 0.407 e. The van der Waals surface area contributed by atoms with Crippen LogP contribution in [0.15, 0.2) is 18.2 Å². The first-order valence-corrected chi connectivity index (χ1v) is 6.44. The summed E-state index contributed by atoms with van der Waals surface area (Å²) in [7, 11) is 0. The van der Waals surface area contributed by atoms with Crippen LogP contribution in [0.4, 0.5) is 4.79 Å². The van der Waals surface area contributed by atoms with E-state index in [1.54, 1.807) is 13.0 Å². The lowest BCUT2D eigenvalue weighted by Gasteiger charge is -2.18. The lowest BCUT2D eigenvalue weighted by molar-refractivity contribution is 0.147. The number of amides is 1. The van der Waals surface area contributed by atoms with Crippen molar-refractivity contribution >= 4 is 17.7 Å². The van der Waals surface area contributed by atoms with Gasteiger partial charge in [0.15, 0.2) is 0 Å². The Bertz CT molecular complexity index is 436. The largest absolute Gasteiger partial charge is 0.493 e. The van der Waals surface area contributed by atoms with Crippen LogP contribution in [0.5, 0.6) is 5.75 Å². The summed E-state index contributed by atoms with van der Waals surface area (Å²) in [5.41, 5.74) is 0.910. The second kappa shape index (κ2) is 5.96. The van der Waals surface area contributed by atoms with Crippen LogP contribution in [-0.2, 0) is 4.74 Å². The first-order chi connectivity index (χ1) is 8.70. The third-order valence-corrected chi connectivity index (χ3v) is 3.04. The van der Waals surface area contributed by atoms with Gasteiger partial charge in [-0.1, -0.05) is 11.6 Å².